The summed E-state index contributed by atoms with van der Waals surface area (Å²) in [6.07, 6.45) is 10.7. The number of pyridine rings is 2. The van der Waals surface area contributed by atoms with Gasteiger partial charge in [0.1, 0.15) is 18.5 Å². The van der Waals surface area contributed by atoms with E-state index >= 15 is 4.39 Å². The number of carbonyl (C=O) groups is 9. The zero-order valence-corrected chi connectivity index (χ0v) is 58.2. The van der Waals surface area contributed by atoms with E-state index in [0.717, 1.165) is 60.9 Å². The van der Waals surface area contributed by atoms with Crippen molar-refractivity contribution in [3.63, 3.8) is 0 Å². The standard InChI is InChI=1S/C78H89FN10O13/c1-5-78(100)57-38-63-71-55(44-89(63)75(98)56(57)45-102-76(78)99)70-59(23-22-54-48(4)58(79)39-60(86-71)69(54)70)84-67(93)42-83-73(96)61(37-49-13-7-6-8-14-49)85-66(92)41-82-65(91)40-81-64(90)24-19-47(3)101-36-28-46(2)74(97)87-34-31-77(32-35-87)29-25-52(26-30-77)72(95)80-33-27-68(94)88-43-53-17-10-9-15-50(53)20-21-51-16-11-12-18-62(51)88/h6-18,20-21,38-39,46-47,52,59,61,100H,5,19,22-37,40-45H2,1-4H3,(H,80,95)(H,81,90)(H,82,91)(H,83,96)(H,84,93)(H,85,92)/b21-20-. The lowest BCUT2D eigenvalue weighted by Gasteiger charge is -2.46. The monoisotopic (exact) mass is 1390 g/mol. The number of likely N-dealkylation sites (tertiary alicyclic amines) is 1. The lowest BCUT2D eigenvalue weighted by Crippen LogP contribution is -2.52. The zero-order chi connectivity index (χ0) is 72.0. The van der Waals surface area contributed by atoms with Crippen molar-refractivity contribution in [3.8, 4) is 11.4 Å². The van der Waals surface area contributed by atoms with Gasteiger partial charge >= 0.3 is 5.97 Å². The Kier molecular flexibility index (Phi) is 21.9. The number of carbonyl (C=O) groups excluding carboxylic acids is 9. The number of nitrogens with one attached hydrogen (secondary N) is 6. The molecule has 2 aromatic heterocycles. The van der Waals surface area contributed by atoms with Crippen LogP contribution >= 0.6 is 0 Å². The molecule has 2 fully saturated rings. The summed E-state index contributed by atoms with van der Waals surface area (Å²) >= 11 is 0. The number of fused-ring (bicyclic) bond motifs is 7. The Morgan fingerprint density at radius 2 is 1.45 bits per heavy atom. The van der Waals surface area contributed by atoms with E-state index in [-0.39, 0.29) is 97.6 Å². The minimum Gasteiger partial charge on any atom is -0.458 e. The molecule has 536 valence electrons. The molecule has 12 rings (SSSR count). The zero-order valence-electron chi connectivity index (χ0n) is 58.2. The van der Waals surface area contributed by atoms with Gasteiger partial charge in [-0.2, -0.15) is 0 Å². The molecule has 4 aromatic carbocycles. The summed E-state index contributed by atoms with van der Waals surface area (Å²) in [6, 6.07) is 25.8. The van der Waals surface area contributed by atoms with E-state index in [9.17, 15) is 53.1 Å². The number of piperidine rings is 1. The molecule has 8 amide bonds. The lowest BCUT2D eigenvalue weighted by atomic mass is 9.65. The van der Waals surface area contributed by atoms with Crippen molar-refractivity contribution in [2.24, 2.45) is 17.3 Å². The number of amides is 8. The fourth-order valence-electron chi connectivity index (χ4n) is 15.5. The molecular formula is C78H89FN10O13. The molecule has 6 heterocycles. The number of anilines is 1. The molecule has 2 aliphatic carbocycles. The van der Waals surface area contributed by atoms with Crippen molar-refractivity contribution >= 4 is 82.0 Å². The largest absolute Gasteiger partial charge is 0.458 e. The maximum Gasteiger partial charge on any atom is 0.343 e. The number of hydrogen-bond acceptors (Lipinski definition) is 14. The maximum atomic E-state index is 15.6. The summed E-state index contributed by atoms with van der Waals surface area (Å²) in [5.74, 6) is -4.73. The van der Waals surface area contributed by atoms with Gasteiger partial charge < -0.3 is 60.8 Å². The highest BCUT2D eigenvalue weighted by Crippen LogP contribution is 2.48. The molecule has 6 aromatic rings. The van der Waals surface area contributed by atoms with Crippen LogP contribution in [-0.4, -0.2) is 131 Å². The first-order chi connectivity index (χ1) is 49.1. The second kappa shape index (κ2) is 31.1. The van der Waals surface area contributed by atoms with E-state index in [1.54, 1.807) is 50.2 Å². The molecule has 6 aliphatic rings. The normalized spacial score (nSPS) is 19.0. The number of esters is 1. The number of aliphatic hydroxyl groups is 1. The molecule has 24 heteroatoms. The summed E-state index contributed by atoms with van der Waals surface area (Å²) in [7, 11) is 0. The van der Waals surface area contributed by atoms with Gasteiger partial charge in [0.05, 0.1) is 73.0 Å². The van der Waals surface area contributed by atoms with Crippen LogP contribution in [0.1, 0.15) is 159 Å². The third-order valence-electron chi connectivity index (χ3n) is 21.7. The topological polar surface area (TPSA) is 306 Å². The van der Waals surface area contributed by atoms with Crippen LogP contribution in [0.4, 0.5) is 10.1 Å². The first-order valence-corrected chi connectivity index (χ1v) is 35.7. The van der Waals surface area contributed by atoms with E-state index in [2.05, 4.69) is 38.0 Å². The molecule has 1 spiro atoms. The van der Waals surface area contributed by atoms with Gasteiger partial charge in [0.25, 0.3) is 5.56 Å². The van der Waals surface area contributed by atoms with Gasteiger partial charge in [0.2, 0.25) is 47.3 Å². The highest BCUT2D eigenvalue weighted by Gasteiger charge is 2.47. The number of hydrogen-bond donors (Lipinski definition) is 7. The van der Waals surface area contributed by atoms with E-state index in [1.807, 2.05) is 78.3 Å². The molecule has 4 aliphatic heterocycles. The van der Waals surface area contributed by atoms with Gasteiger partial charge in [-0.05, 0) is 141 Å². The van der Waals surface area contributed by atoms with Gasteiger partial charge in [-0.25, -0.2) is 14.2 Å². The average molecular weight is 1390 g/mol. The van der Waals surface area contributed by atoms with Crippen molar-refractivity contribution in [2.75, 3.05) is 50.8 Å². The Balaban J connectivity index is 0.542. The first-order valence-electron chi connectivity index (χ1n) is 35.7. The second-order valence-electron chi connectivity index (χ2n) is 28.2. The molecule has 1 saturated heterocycles. The Morgan fingerprint density at radius 1 is 0.755 bits per heavy atom. The number of aromatic nitrogens is 2. The van der Waals surface area contributed by atoms with Gasteiger partial charge in [0.15, 0.2) is 5.60 Å². The molecule has 23 nitrogen and oxygen atoms in total. The number of aryl methyl sites for hydroxylation is 1. The fourth-order valence-corrected chi connectivity index (χ4v) is 15.5. The third kappa shape index (κ3) is 15.6. The molecule has 5 atom stereocenters. The van der Waals surface area contributed by atoms with Gasteiger partial charge in [-0.15, -0.1) is 0 Å². The SMILES string of the molecule is CCC1(O)C(=O)OCc2c1cc1n(c2=O)Cc2c-1nc1cc(F)c(C)c3c1c2C(NC(=O)CNC(=O)C(Cc1ccccc1)NC(=O)CNC(=O)CNC(=O)CCC(C)OCCC(C)C(=O)N1CCC2(CCC(C(=O)NCCC(=O)N4Cc5ccccc5/C=C\c5ccccc54)CC2)CC1)CC3. The number of rotatable bonds is 24. The van der Waals surface area contributed by atoms with Crippen LogP contribution in [0.25, 0.3) is 34.4 Å². The van der Waals surface area contributed by atoms with E-state index in [1.165, 1.54) is 10.6 Å². The summed E-state index contributed by atoms with van der Waals surface area (Å²) in [5.41, 5.74) is 5.78. The summed E-state index contributed by atoms with van der Waals surface area (Å²) < 4.78 is 28.3. The minimum atomic E-state index is -2.07. The van der Waals surface area contributed by atoms with E-state index in [0.29, 0.717) is 102 Å². The fraction of sp³-hybridized carbons (Fsp3) is 0.449. The van der Waals surface area contributed by atoms with Crippen LogP contribution in [0.5, 0.6) is 0 Å². The van der Waals surface area contributed by atoms with Crippen LogP contribution < -0.4 is 42.4 Å². The van der Waals surface area contributed by atoms with Crippen molar-refractivity contribution < 1.29 is 62.1 Å². The summed E-state index contributed by atoms with van der Waals surface area (Å²) in [4.78, 5) is 143. The highest BCUT2D eigenvalue weighted by molar-refractivity contribution is 5.98. The molecule has 1 saturated carbocycles. The first kappa shape index (κ1) is 71.9. The molecule has 5 unspecified atom stereocenters. The third-order valence-corrected chi connectivity index (χ3v) is 21.7. The smallest absolute Gasteiger partial charge is 0.343 e. The Hall–Kier alpha value is -9.94. The van der Waals surface area contributed by atoms with Crippen LogP contribution in [0.15, 0.2) is 95.8 Å². The Labute approximate surface area is 591 Å². The van der Waals surface area contributed by atoms with Gasteiger partial charge in [-0.1, -0.05) is 98.8 Å². The Bertz CT molecular complexity index is 4370. The number of ether oxygens (including phenoxy) is 2. The van der Waals surface area contributed by atoms with Crippen LogP contribution in [0.3, 0.4) is 0 Å². The van der Waals surface area contributed by atoms with Crippen molar-refractivity contribution in [3.05, 3.63) is 163 Å². The predicted molar refractivity (Wildman–Crippen MR) is 379 cm³/mol. The van der Waals surface area contributed by atoms with Crippen LogP contribution in [-0.2, 0) is 90.8 Å². The summed E-state index contributed by atoms with van der Waals surface area (Å²) in [5, 5.41) is 28.6. The summed E-state index contributed by atoms with van der Waals surface area (Å²) in [6.45, 7) is 7.63. The van der Waals surface area contributed by atoms with E-state index in [4.69, 9.17) is 14.5 Å². The number of benzene rings is 4. The van der Waals surface area contributed by atoms with Crippen molar-refractivity contribution in [1.82, 2.24) is 46.4 Å². The van der Waals surface area contributed by atoms with Gasteiger partial charge in [-0.3, -0.25) is 43.2 Å². The number of nitrogens with zero attached hydrogens (tertiary/aromatic N) is 4. The van der Waals surface area contributed by atoms with Crippen molar-refractivity contribution in [1.29, 1.82) is 0 Å². The van der Waals surface area contributed by atoms with Crippen LogP contribution in [0, 0.1) is 30.0 Å². The van der Waals surface area contributed by atoms with E-state index < -0.39 is 84.2 Å². The molecule has 0 radical (unpaired) electrons. The molecule has 102 heavy (non-hydrogen) atoms. The highest BCUT2D eigenvalue weighted by atomic mass is 19.1. The predicted octanol–water partition coefficient (Wildman–Crippen LogP) is 6.94. The number of halogens is 1. The van der Waals surface area contributed by atoms with Gasteiger partial charge in [0, 0.05) is 79.9 Å². The Morgan fingerprint density at radius 3 is 2.22 bits per heavy atom. The number of para-hydroxylation sites is 1. The molecular weight excluding hydrogens is 1300 g/mol. The molecule has 0 bridgehead atoms. The quantitative estimate of drug-likeness (QED) is 0.0302. The maximum absolute atomic E-state index is 15.6. The van der Waals surface area contributed by atoms with Crippen molar-refractivity contribution in [2.45, 2.75) is 161 Å². The molecule has 7 N–H and O–H groups in total. The van der Waals surface area contributed by atoms with Crippen LogP contribution in [0.2, 0.25) is 0 Å². The second-order valence-corrected chi connectivity index (χ2v) is 28.2. The minimum absolute atomic E-state index is 0.00475. The average Bonchev–Trinajstić information content (AvgIpc) is 1.52. The number of cyclic esters (lactones) is 1. The lowest BCUT2D eigenvalue weighted by molar-refractivity contribution is -0.172.